The number of anilines is 2. The van der Waals surface area contributed by atoms with Crippen LogP contribution in [0.5, 0.6) is 0 Å². The van der Waals surface area contributed by atoms with Gasteiger partial charge in [-0.2, -0.15) is 0 Å². The van der Waals surface area contributed by atoms with Crippen LogP contribution >= 0.6 is 11.6 Å². The number of benzene rings is 1. The molecular formula is C20H26ClN5O. The van der Waals surface area contributed by atoms with E-state index in [0.717, 1.165) is 49.1 Å². The first kappa shape index (κ1) is 19.4. The Morgan fingerprint density at radius 2 is 1.89 bits per heavy atom. The molecule has 144 valence electrons. The molecule has 6 nitrogen and oxygen atoms in total. The number of nitrogens with zero attached hydrogens (tertiary/aromatic N) is 4. The van der Waals surface area contributed by atoms with Gasteiger partial charge in [0, 0.05) is 49.0 Å². The van der Waals surface area contributed by atoms with Gasteiger partial charge in [-0.1, -0.05) is 24.6 Å². The largest absolute Gasteiger partial charge is 0.368 e. The third kappa shape index (κ3) is 4.89. The van der Waals surface area contributed by atoms with E-state index in [1.807, 2.05) is 39.0 Å². The van der Waals surface area contributed by atoms with Crippen LogP contribution in [0.25, 0.3) is 0 Å². The molecule has 2 aromatic rings. The summed E-state index contributed by atoms with van der Waals surface area (Å²) < 4.78 is 0. The number of hydrogen-bond acceptors (Lipinski definition) is 5. The Morgan fingerprint density at radius 3 is 2.56 bits per heavy atom. The summed E-state index contributed by atoms with van der Waals surface area (Å²) >= 11 is 6.11. The summed E-state index contributed by atoms with van der Waals surface area (Å²) in [5.74, 6) is 1.27. The second-order valence-corrected chi connectivity index (χ2v) is 7.33. The van der Waals surface area contributed by atoms with Gasteiger partial charge in [-0.15, -0.1) is 0 Å². The van der Waals surface area contributed by atoms with Crippen molar-refractivity contribution in [3.8, 4) is 0 Å². The number of hydrogen-bond donors (Lipinski definition) is 1. The molecule has 0 radical (unpaired) electrons. The van der Waals surface area contributed by atoms with Gasteiger partial charge in [-0.3, -0.25) is 4.79 Å². The van der Waals surface area contributed by atoms with E-state index < -0.39 is 0 Å². The fraction of sp³-hybridized carbons (Fsp3) is 0.450. The molecule has 0 saturated carbocycles. The standard InChI is InChI=1S/C20H26ClN5O/c1-4-14(2)22-20(27)18-13-19(24-15(3)23-18)26-10-8-25(9-11-26)17-7-5-6-16(21)12-17/h5-7,12-14H,4,8-11H2,1-3H3,(H,22,27). The molecule has 0 aliphatic carbocycles. The molecule has 1 aromatic heterocycles. The molecule has 1 fully saturated rings. The maximum Gasteiger partial charge on any atom is 0.270 e. The third-order valence-corrected chi connectivity index (χ3v) is 5.06. The van der Waals surface area contributed by atoms with Crippen LogP contribution in [0.1, 0.15) is 36.6 Å². The average molecular weight is 388 g/mol. The van der Waals surface area contributed by atoms with E-state index >= 15 is 0 Å². The molecule has 1 N–H and O–H groups in total. The quantitative estimate of drug-likeness (QED) is 0.852. The van der Waals surface area contributed by atoms with Crippen LogP contribution in [-0.2, 0) is 0 Å². The zero-order chi connectivity index (χ0) is 19.4. The Labute approximate surface area is 165 Å². The van der Waals surface area contributed by atoms with Crippen LogP contribution in [0.3, 0.4) is 0 Å². The summed E-state index contributed by atoms with van der Waals surface area (Å²) in [6.07, 6.45) is 0.883. The molecule has 7 heteroatoms. The van der Waals surface area contributed by atoms with E-state index in [1.54, 1.807) is 6.07 Å². The maximum atomic E-state index is 12.4. The molecule has 1 saturated heterocycles. The first-order valence-electron chi connectivity index (χ1n) is 9.38. The molecule has 1 unspecified atom stereocenters. The summed E-state index contributed by atoms with van der Waals surface area (Å²) in [6, 6.07) is 9.84. The summed E-state index contributed by atoms with van der Waals surface area (Å²) in [5, 5.41) is 3.72. The van der Waals surface area contributed by atoms with Crippen LogP contribution in [0.15, 0.2) is 30.3 Å². The normalized spacial score (nSPS) is 15.6. The number of aromatic nitrogens is 2. The highest BCUT2D eigenvalue weighted by molar-refractivity contribution is 6.30. The van der Waals surface area contributed by atoms with Crippen molar-refractivity contribution in [3.05, 3.63) is 46.9 Å². The smallest absolute Gasteiger partial charge is 0.270 e. The topological polar surface area (TPSA) is 61.4 Å². The number of rotatable bonds is 5. The SMILES string of the molecule is CCC(C)NC(=O)c1cc(N2CCN(c3cccc(Cl)c3)CC2)nc(C)n1. The molecule has 3 rings (SSSR count). The number of amides is 1. The highest BCUT2D eigenvalue weighted by Crippen LogP contribution is 2.22. The molecule has 27 heavy (non-hydrogen) atoms. The van der Waals surface area contributed by atoms with Crippen molar-refractivity contribution < 1.29 is 4.79 Å². The van der Waals surface area contributed by atoms with Crippen molar-refractivity contribution in [1.82, 2.24) is 15.3 Å². The Morgan fingerprint density at radius 1 is 1.19 bits per heavy atom. The van der Waals surface area contributed by atoms with Gasteiger partial charge in [0.25, 0.3) is 5.91 Å². The lowest BCUT2D eigenvalue weighted by molar-refractivity contribution is 0.0934. The zero-order valence-electron chi connectivity index (χ0n) is 16.1. The first-order valence-corrected chi connectivity index (χ1v) is 9.76. The van der Waals surface area contributed by atoms with E-state index in [4.69, 9.17) is 11.6 Å². The summed E-state index contributed by atoms with van der Waals surface area (Å²) in [4.78, 5) is 25.8. The number of halogens is 1. The van der Waals surface area contributed by atoms with Crippen LogP contribution < -0.4 is 15.1 Å². The van der Waals surface area contributed by atoms with Gasteiger partial charge in [0.05, 0.1) is 0 Å². The fourth-order valence-corrected chi connectivity index (χ4v) is 3.28. The fourth-order valence-electron chi connectivity index (χ4n) is 3.10. The predicted molar refractivity (Wildman–Crippen MR) is 110 cm³/mol. The Kier molecular flexibility index (Phi) is 6.16. The Hall–Kier alpha value is -2.34. The van der Waals surface area contributed by atoms with Crippen molar-refractivity contribution in [2.24, 2.45) is 0 Å². The molecule has 1 amide bonds. The van der Waals surface area contributed by atoms with Gasteiger partial charge in [-0.25, -0.2) is 9.97 Å². The van der Waals surface area contributed by atoms with Gasteiger partial charge < -0.3 is 15.1 Å². The van der Waals surface area contributed by atoms with Crippen LogP contribution in [0, 0.1) is 6.92 Å². The summed E-state index contributed by atoms with van der Waals surface area (Å²) in [7, 11) is 0. The second kappa shape index (κ2) is 8.57. The van der Waals surface area contributed by atoms with E-state index in [2.05, 4.69) is 31.2 Å². The average Bonchev–Trinajstić information content (AvgIpc) is 2.67. The van der Waals surface area contributed by atoms with Gasteiger partial charge in [0.1, 0.15) is 17.3 Å². The highest BCUT2D eigenvalue weighted by atomic mass is 35.5. The molecule has 1 aliphatic heterocycles. The van der Waals surface area contributed by atoms with Gasteiger partial charge in [-0.05, 0) is 38.5 Å². The lowest BCUT2D eigenvalue weighted by atomic mass is 10.2. The minimum Gasteiger partial charge on any atom is -0.368 e. The van der Waals surface area contributed by atoms with Gasteiger partial charge in [0.15, 0.2) is 0 Å². The first-order chi connectivity index (χ1) is 13.0. The molecule has 1 atom stereocenters. The van der Waals surface area contributed by atoms with Crippen LogP contribution in [0.4, 0.5) is 11.5 Å². The summed E-state index contributed by atoms with van der Waals surface area (Å²) in [6.45, 7) is 9.26. The van der Waals surface area contributed by atoms with E-state index in [0.29, 0.717) is 11.5 Å². The van der Waals surface area contributed by atoms with E-state index in [-0.39, 0.29) is 11.9 Å². The lowest BCUT2D eigenvalue weighted by Gasteiger charge is -2.37. The molecule has 0 bridgehead atoms. The molecule has 1 aromatic carbocycles. The van der Waals surface area contributed by atoms with Gasteiger partial charge in [0.2, 0.25) is 0 Å². The second-order valence-electron chi connectivity index (χ2n) is 6.90. The highest BCUT2D eigenvalue weighted by Gasteiger charge is 2.21. The van der Waals surface area contributed by atoms with Crippen molar-refractivity contribution in [1.29, 1.82) is 0 Å². The lowest BCUT2D eigenvalue weighted by Crippen LogP contribution is -2.47. The Bertz CT molecular complexity index is 805. The number of carbonyl (C=O) groups is 1. The molecule has 1 aliphatic rings. The number of aryl methyl sites for hydroxylation is 1. The van der Waals surface area contributed by atoms with Gasteiger partial charge >= 0.3 is 0 Å². The minimum atomic E-state index is -0.145. The maximum absolute atomic E-state index is 12.4. The van der Waals surface area contributed by atoms with Crippen LogP contribution in [-0.4, -0.2) is 48.1 Å². The minimum absolute atomic E-state index is 0.123. The third-order valence-electron chi connectivity index (χ3n) is 4.82. The monoisotopic (exact) mass is 387 g/mol. The molecule has 2 heterocycles. The van der Waals surface area contributed by atoms with E-state index in [1.165, 1.54) is 0 Å². The Balaban J connectivity index is 1.69. The predicted octanol–water partition coefficient (Wildman–Crippen LogP) is 3.29. The number of nitrogens with one attached hydrogen (secondary N) is 1. The molecular weight excluding hydrogens is 362 g/mol. The van der Waals surface area contributed by atoms with Crippen molar-refractivity contribution in [3.63, 3.8) is 0 Å². The van der Waals surface area contributed by atoms with Crippen LogP contribution in [0.2, 0.25) is 5.02 Å². The van der Waals surface area contributed by atoms with E-state index in [9.17, 15) is 4.79 Å². The number of piperazine rings is 1. The number of carbonyl (C=O) groups excluding carboxylic acids is 1. The van der Waals surface area contributed by atoms with Crippen molar-refractivity contribution in [2.45, 2.75) is 33.2 Å². The molecule has 0 spiro atoms. The van der Waals surface area contributed by atoms with Crippen molar-refractivity contribution >= 4 is 29.0 Å². The summed E-state index contributed by atoms with van der Waals surface area (Å²) in [5.41, 5.74) is 1.56. The zero-order valence-corrected chi connectivity index (χ0v) is 16.8. The van der Waals surface area contributed by atoms with Crippen molar-refractivity contribution in [2.75, 3.05) is 36.0 Å².